The predicted octanol–water partition coefficient (Wildman–Crippen LogP) is 4.74. The van der Waals surface area contributed by atoms with Gasteiger partial charge >= 0.3 is 0 Å². The third-order valence-electron chi connectivity index (χ3n) is 5.64. The number of hydrogen-bond donors (Lipinski definition) is 0. The molecule has 1 aliphatic heterocycles. The first kappa shape index (κ1) is 21.1. The van der Waals surface area contributed by atoms with Crippen molar-refractivity contribution in [1.29, 1.82) is 0 Å². The molecule has 1 saturated heterocycles. The molecule has 4 rings (SSSR count). The molecule has 0 spiro atoms. The van der Waals surface area contributed by atoms with Gasteiger partial charge in [0, 0.05) is 31.2 Å². The van der Waals surface area contributed by atoms with E-state index in [1.165, 1.54) is 11.1 Å². The van der Waals surface area contributed by atoms with E-state index < -0.39 is 10.0 Å². The van der Waals surface area contributed by atoms with Crippen molar-refractivity contribution in [3.8, 4) is 0 Å². The monoisotopic (exact) mass is 440 g/mol. The number of benzene rings is 3. The average Bonchev–Trinajstić information content (AvgIpc) is 2.78. The number of sulfonamides is 1. The predicted molar refractivity (Wildman–Crippen MR) is 121 cm³/mol. The van der Waals surface area contributed by atoms with Crippen molar-refractivity contribution in [1.82, 2.24) is 9.21 Å². The van der Waals surface area contributed by atoms with Crippen LogP contribution < -0.4 is 0 Å². The second-order valence-corrected chi connectivity index (χ2v) is 9.92. The second-order valence-electron chi connectivity index (χ2n) is 7.57. The van der Waals surface area contributed by atoms with Crippen molar-refractivity contribution in [2.24, 2.45) is 0 Å². The van der Waals surface area contributed by atoms with Crippen LogP contribution in [-0.4, -0.2) is 43.8 Å². The van der Waals surface area contributed by atoms with Gasteiger partial charge in [-0.2, -0.15) is 4.31 Å². The second kappa shape index (κ2) is 8.90. The van der Waals surface area contributed by atoms with Gasteiger partial charge in [-0.25, -0.2) is 8.42 Å². The zero-order valence-electron chi connectivity index (χ0n) is 16.9. The van der Waals surface area contributed by atoms with Gasteiger partial charge in [-0.05, 0) is 41.8 Å². The summed E-state index contributed by atoms with van der Waals surface area (Å²) in [6.07, 6.45) is 0. The van der Waals surface area contributed by atoms with E-state index in [0.29, 0.717) is 36.1 Å². The molecule has 30 heavy (non-hydrogen) atoms. The molecule has 1 aliphatic rings. The Labute approximate surface area is 183 Å². The first-order chi connectivity index (χ1) is 14.5. The van der Waals surface area contributed by atoms with Crippen LogP contribution >= 0.6 is 11.6 Å². The van der Waals surface area contributed by atoms with Gasteiger partial charge in [0.25, 0.3) is 0 Å². The number of piperazine rings is 1. The highest BCUT2D eigenvalue weighted by Crippen LogP contribution is 2.30. The lowest BCUT2D eigenvalue weighted by Gasteiger charge is -2.39. The quantitative estimate of drug-likeness (QED) is 0.575. The maximum atomic E-state index is 13.1. The van der Waals surface area contributed by atoms with Crippen LogP contribution in [0.5, 0.6) is 0 Å². The van der Waals surface area contributed by atoms with E-state index in [0.717, 1.165) is 5.56 Å². The zero-order valence-corrected chi connectivity index (χ0v) is 18.5. The summed E-state index contributed by atoms with van der Waals surface area (Å²) in [6, 6.07) is 25.8. The standard InChI is InChI=1S/C24H25ClN2O2S/c1-19-18-22(12-13-23(19)25)30(28,29)27-16-14-26(15-17-27)24(20-8-4-2-5-9-20)21-10-6-3-7-11-21/h2-13,18,24H,14-17H2,1H3. The van der Waals surface area contributed by atoms with Crippen molar-refractivity contribution in [3.63, 3.8) is 0 Å². The van der Waals surface area contributed by atoms with Gasteiger partial charge in [-0.1, -0.05) is 72.3 Å². The normalized spacial score (nSPS) is 16.1. The molecule has 0 amide bonds. The molecular weight excluding hydrogens is 416 g/mol. The van der Waals surface area contributed by atoms with Crippen LogP contribution in [-0.2, 0) is 10.0 Å². The molecule has 156 valence electrons. The lowest BCUT2D eigenvalue weighted by molar-refractivity contribution is 0.156. The molecule has 1 fully saturated rings. The van der Waals surface area contributed by atoms with Gasteiger partial charge in [0.2, 0.25) is 10.0 Å². The Kier molecular flexibility index (Phi) is 6.25. The maximum absolute atomic E-state index is 13.1. The molecule has 0 radical (unpaired) electrons. The summed E-state index contributed by atoms with van der Waals surface area (Å²) in [5.74, 6) is 0. The van der Waals surface area contributed by atoms with Gasteiger partial charge in [0.1, 0.15) is 0 Å². The molecule has 0 saturated carbocycles. The summed E-state index contributed by atoms with van der Waals surface area (Å²) in [5, 5.41) is 0.576. The van der Waals surface area contributed by atoms with E-state index >= 15 is 0 Å². The van der Waals surface area contributed by atoms with Crippen LogP contribution in [0.3, 0.4) is 0 Å². The first-order valence-electron chi connectivity index (χ1n) is 10.1. The van der Waals surface area contributed by atoms with Crippen molar-refractivity contribution in [3.05, 3.63) is 101 Å². The molecule has 4 nitrogen and oxygen atoms in total. The number of halogens is 1. The van der Waals surface area contributed by atoms with Gasteiger partial charge in [0.05, 0.1) is 10.9 Å². The largest absolute Gasteiger partial charge is 0.290 e. The number of aryl methyl sites for hydroxylation is 1. The smallest absolute Gasteiger partial charge is 0.243 e. The highest BCUT2D eigenvalue weighted by Gasteiger charge is 2.32. The van der Waals surface area contributed by atoms with E-state index in [9.17, 15) is 8.42 Å². The van der Waals surface area contributed by atoms with Crippen LogP contribution in [0.2, 0.25) is 5.02 Å². The Morgan fingerprint density at radius 1 is 0.800 bits per heavy atom. The van der Waals surface area contributed by atoms with Crippen LogP contribution in [0.4, 0.5) is 0 Å². The first-order valence-corrected chi connectivity index (χ1v) is 11.9. The van der Waals surface area contributed by atoms with Crippen LogP contribution in [0, 0.1) is 6.92 Å². The number of hydrogen-bond acceptors (Lipinski definition) is 3. The van der Waals surface area contributed by atoms with E-state index in [-0.39, 0.29) is 6.04 Å². The molecule has 1 heterocycles. The summed E-state index contributed by atoms with van der Waals surface area (Å²) in [4.78, 5) is 2.67. The molecule has 3 aromatic carbocycles. The Morgan fingerprint density at radius 3 is 1.83 bits per heavy atom. The molecular formula is C24H25ClN2O2S. The topological polar surface area (TPSA) is 40.6 Å². The summed E-state index contributed by atoms with van der Waals surface area (Å²) < 4.78 is 27.8. The van der Waals surface area contributed by atoms with Gasteiger partial charge in [-0.3, -0.25) is 4.90 Å². The highest BCUT2D eigenvalue weighted by molar-refractivity contribution is 7.89. The Morgan fingerprint density at radius 2 is 1.33 bits per heavy atom. The van der Waals surface area contributed by atoms with Gasteiger partial charge in [0.15, 0.2) is 0 Å². The lowest BCUT2D eigenvalue weighted by Crippen LogP contribution is -2.49. The fraction of sp³-hybridized carbons (Fsp3) is 0.250. The van der Waals surface area contributed by atoms with Crippen molar-refractivity contribution < 1.29 is 8.42 Å². The van der Waals surface area contributed by atoms with E-state index in [1.54, 1.807) is 22.5 Å². The molecule has 0 N–H and O–H groups in total. The molecule has 3 aromatic rings. The van der Waals surface area contributed by atoms with Crippen molar-refractivity contribution in [2.75, 3.05) is 26.2 Å². The Bertz CT molecular complexity index is 1060. The molecule has 0 unspecified atom stereocenters. The van der Waals surface area contributed by atoms with Gasteiger partial charge in [-0.15, -0.1) is 0 Å². The summed E-state index contributed by atoms with van der Waals surface area (Å²) in [6.45, 7) is 4.07. The van der Waals surface area contributed by atoms with Crippen molar-refractivity contribution >= 4 is 21.6 Å². The minimum atomic E-state index is -3.53. The highest BCUT2D eigenvalue weighted by atomic mass is 35.5. The number of nitrogens with zero attached hydrogens (tertiary/aromatic N) is 2. The van der Waals surface area contributed by atoms with E-state index in [2.05, 4.69) is 53.4 Å². The summed E-state index contributed by atoms with van der Waals surface area (Å²) in [7, 11) is -3.53. The Hall–Kier alpha value is -2.18. The molecule has 0 bridgehead atoms. The Balaban J connectivity index is 1.55. The molecule has 0 aromatic heterocycles. The zero-order chi connectivity index (χ0) is 21.1. The van der Waals surface area contributed by atoms with Crippen molar-refractivity contribution in [2.45, 2.75) is 17.9 Å². The van der Waals surface area contributed by atoms with Crippen LogP contribution in [0.25, 0.3) is 0 Å². The maximum Gasteiger partial charge on any atom is 0.243 e. The van der Waals surface area contributed by atoms with E-state index in [4.69, 9.17) is 11.6 Å². The average molecular weight is 441 g/mol. The molecule has 0 atom stereocenters. The summed E-state index contributed by atoms with van der Waals surface area (Å²) >= 11 is 6.07. The fourth-order valence-electron chi connectivity index (χ4n) is 4.01. The fourth-order valence-corrected chi connectivity index (χ4v) is 5.64. The third kappa shape index (κ3) is 4.30. The van der Waals surface area contributed by atoms with Crippen LogP contribution in [0.15, 0.2) is 83.8 Å². The third-order valence-corrected chi connectivity index (χ3v) is 7.95. The summed E-state index contributed by atoms with van der Waals surface area (Å²) in [5.41, 5.74) is 3.20. The SMILES string of the molecule is Cc1cc(S(=O)(=O)N2CCN(C(c3ccccc3)c3ccccc3)CC2)ccc1Cl. The minimum Gasteiger partial charge on any atom is -0.290 e. The van der Waals surface area contributed by atoms with Gasteiger partial charge < -0.3 is 0 Å². The number of rotatable bonds is 5. The minimum absolute atomic E-state index is 0.107. The molecule has 6 heteroatoms. The van der Waals surface area contributed by atoms with Crippen LogP contribution in [0.1, 0.15) is 22.7 Å². The molecule has 0 aliphatic carbocycles. The lowest BCUT2D eigenvalue weighted by atomic mass is 9.96. The van der Waals surface area contributed by atoms with E-state index in [1.807, 2.05) is 19.1 Å².